The molecule has 2 aliphatic heterocycles. The van der Waals surface area contributed by atoms with Gasteiger partial charge in [-0.2, -0.15) is 5.10 Å². The van der Waals surface area contributed by atoms with Crippen LogP contribution in [0.3, 0.4) is 0 Å². The Morgan fingerprint density at radius 2 is 1.71 bits per heavy atom. The predicted octanol–water partition coefficient (Wildman–Crippen LogP) is 8.19. The molecule has 2 aliphatic rings. The van der Waals surface area contributed by atoms with Crippen molar-refractivity contribution in [1.29, 1.82) is 0 Å². The van der Waals surface area contributed by atoms with E-state index >= 15 is 0 Å². The number of unbranched alkanes of at least 4 members (excludes halogenated alkanes) is 3. The minimum absolute atomic E-state index is 0.0487. The summed E-state index contributed by atoms with van der Waals surface area (Å²) in [7, 11) is 0. The Morgan fingerprint density at radius 3 is 2.47 bits per heavy atom. The van der Waals surface area contributed by atoms with E-state index in [-0.39, 0.29) is 12.3 Å². The Hall–Kier alpha value is -2.69. The molecule has 2 heterocycles. The monoisotopic (exact) mass is 494 g/mol. The Kier molecular flexibility index (Phi) is 6.98. The molecule has 0 aliphatic carbocycles. The van der Waals surface area contributed by atoms with Crippen LogP contribution in [0.5, 0.6) is 11.5 Å². The number of nitrogens with zero attached hydrogens (tertiary/aromatic N) is 2. The Labute approximate surface area is 211 Å². The highest BCUT2D eigenvalue weighted by atomic mass is 35.5. The number of benzene rings is 3. The second-order valence-corrected chi connectivity index (χ2v) is 9.66. The highest BCUT2D eigenvalue weighted by Gasteiger charge is 2.41. The fourth-order valence-corrected chi connectivity index (χ4v) is 4.85. The lowest BCUT2D eigenvalue weighted by Gasteiger charge is -2.38. The minimum Gasteiger partial charge on any atom is -0.494 e. The van der Waals surface area contributed by atoms with Crippen molar-refractivity contribution in [3.05, 3.63) is 93.5 Å². The van der Waals surface area contributed by atoms with Crippen LogP contribution in [0.2, 0.25) is 10.0 Å². The molecule has 0 radical (unpaired) electrons. The quantitative estimate of drug-likeness (QED) is 0.296. The molecule has 4 nitrogen and oxygen atoms in total. The van der Waals surface area contributed by atoms with Crippen LogP contribution in [0.4, 0.5) is 0 Å². The van der Waals surface area contributed by atoms with Gasteiger partial charge in [0.1, 0.15) is 11.5 Å². The van der Waals surface area contributed by atoms with Crippen molar-refractivity contribution in [2.75, 3.05) is 6.61 Å². The zero-order valence-corrected chi connectivity index (χ0v) is 20.7. The summed E-state index contributed by atoms with van der Waals surface area (Å²) in [6.45, 7) is 2.96. The zero-order valence-electron chi connectivity index (χ0n) is 19.2. The third-order valence-corrected chi connectivity index (χ3v) is 6.85. The summed E-state index contributed by atoms with van der Waals surface area (Å²) in [6.07, 6.45) is 5.21. The van der Waals surface area contributed by atoms with Gasteiger partial charge in [-0.15, -0.1) is 0 Å². The Morgan fingerprint density at radius 1 is 0.941 bits per heavy atom. The van der Waals surface area contributed by atoms with E-state index in [4.69, 9.17) is 37.8 Å². The maximum absolute atomic E-state index is 6.45. The van der Waals surface area contributed by atoms with E-state index in [1.165, 1.54) is 19.3 Å². The summed E-state index contributed by atoms with van der Waals surface area (Å²) in [5.74, 6) is 1.73. The van der Waals surface area contributed by atoms with Crippen LogP contribution in [-0.4, -0.2) is 17.3 Å². The third-order valence-electron chi connectivity index (χ3n) is 6.36. The van der Waals surface area contributed by atoms with E-state index in [1.807, 2.05) is 54.6 Å². The van der Waals surface area contributed by atoms with E-state index in [1.54, 1.807) is 0 Å². The first kappa shape index (κ1) is 23.1. The number of hydrogen-bond acceptors (Lipinski definition) is 4. The molecule has 0 fully saturated rings. The van der Waals surface area contributed by atoms with Gasteiger partial charge in [0.2, 0.25) is 6.23 Å². The van der Waals surface area contributed by atoms with Crippen LogP contribution in [-0.2, 0) is 0 Å². The summed E-state index contributed by atoms with van der Waals surface area (Å²) < 4.78 is 12.4. The number of halogens is 2. The molecule has 5 rings (SSSR count). The summed E-state index contributed by atoms with van der Waals surface area (Å²) in [6, 6.07) is 21.9. The molecule has 0 saturated carbocycles. The minimum atomic E-state index is -0.331. The fourth-order valence-electron chi connectivity index (χ4n) is 4.54. The molecular weight excluding hydrogens is 467 g/mol. The molecule has 6 heteroatoms. The molecular formula is C28H28Cl2N2O2. The van der Waals surface area contributed by atoms with Crippen LogP contribution in [0.1, 0.15) is 68.0 Å². The summed E-state index contributed by atoms with van der Waals surface area (Å²) in [4.78, 5) is 0. The summed E-state index contributed by atoms with van der Waals surface area (Å²) in [5, 5.41) is 8.47. The second kappa shape index (κ2) is 10.3. The van der Waals surface area contributed by atoms with Crippen molar-refractivity contribution in [2.24, 2.45) is 5.10 Å². The lowest BCUT2D eigenvalue weighted by molar-refractivity contribution is -0.0190. The van der Waals surface area contributed by atoms with Gasteiger partial charge in [-0.1, -0.05) is 61.5 Å². The fraction of sp³-hybridized carbons (Fsp3) is 0.321. The van der Waals surface area contributed by atoms with Gasteiger partial charge in [-0.05, 0) is 66.6 Å². The molecule has 3 aromatic rings. The molecule has 2 atom stereocenters. The molecule has 0 bridgehead atoms. The average molecular weight is 495 g/mol. The predicted molar refractivity (Wildman–Crippen MR) is 138 cm³/mol. The molecule has 3 aromatic carbocycles. The zero-order chi connectivity index (χ0) is 23.5. The highest BCUT2D eigenvalue weighted by Crippen LogP contribution is 2.48. The van der Waals surface area contributed by atoms with Crippen LogP contribution in [0.15, 0.2) is 71.8 Å². The number of ether oxygens (including phenoxy) is 2. The van der Waals surface area contributed by atoms with Gasteiger partial charge in [0.25, 0.3) is 0 Å². The summed E-state index contributed by atoms with van der Waals surface area (Å²) in [5.41, 5.74) is 4.16. The topological polar surface area (TPSA) is 34.1 Å². The largest absolute Gasteiger partial charge is 0.494 e. The van der Waals surface area contributed by atoms with Crippen LogP contribution in [0, 0.1) is 0 Å². The molecule has 176 valence electrons. The van der Waals surface area contributed by atoms with E-state index < -0.39 is 0 Å². The highest BCUT2D eigenvalue weighted by molar-refractivity contribution is 6.31. The van der Waals surface area contributed by atoms with Crippen molar-refractivity contribution in [2.45, 2.75) is 51.3 Å². The first-order valence-corrected chi connectivity index (χ1v) is 12.7. The van der Waals surface area contributed by atoms with Crippen molar-refractivity contribution in [3.63, 3.8) is 0 Å². The van der Waals surface area contributed by atoms with Crippen LogP contribution >= 0.6 is 23.2 Å². The maximum Gasteiger partial charge on any atom is 0.213 e. The SMILES string of the molecule is CCCCCCOc1ccc(C2Oc3ccc(Cl)cc3C3CC(c4ccc(Cl)cc4)=NN32)cc1. The Bertz CT molecular complexity index is 1160. The van der Waals surface area contributed by atoms with Crippen molar-refractivity contribution >= 4 is 28.9 Å². The molecule has 0 aromatic heterocycles. The molecule has 2 unspecified atom stereocenters. The van der Waals surface area contributed by atoms with E-state index in [2.05, 4.69) is 24.1 Å². The molecule has 0 N–H and O–H groups in total. The lowest BCUT2D eigenvalue weighted by Crippen LogP contribution is -2.33. The third kappa shape index (κ3) is 4.89. The van der Waals surface area contributed by atoms with Gasteiger partial charge in [-0.3, -0.25) is 0 Å². The van der Waals surface area contributed by atoms with Crippen molar-refractivity contribution in [1.82, 2.24) is 5.01 Å². The lowest BCUT2D eigenvalue weighted by atomic mass is 9.96. The number of fused-ring (bicyclic) bond motifs is 3. The van der Waals surface area contributed by atoms with Gasteiger partial charge in [0.15, 0.2) is 0 Å². The van der Waals surface area contributed by atoms with Crippen molar-refractivity contribution < 1.29 is 9.47 Å². The van der Waals surface area contributed by atoms with Crippen LogP contribution in [0.25, 0.3) is 0 Å². The number of hydrazone groups is 1. The van der Waals surface area contributed by atoms with Gasteiger partial charge < -0.3 is 9.47 Å². The summed E-state index contributed by atoms with van der Waals surface area (Å²) >= 11 is 12.4. The molecule has 0 spiro atoms. The van der Waals surface area contributed by atoms with E-state index in [0.717, 1.165) is 53.3 Å². The van der Waals surface area contributed by atoms with Gasteiger partial charge in [0.05, 0.1) is 18.4 Å². The normalized spacial score (nSPS) is 18.7. The van der Waals surface area contributed by atoms with E-state index in [9.17, 15) is 0 Å². The van der Waals surface area contributed by atoms with Gasteiger partial charge in [-0.25, -0.2) is 5.01 Å². The average Bonchev–Trinajstić information content (AvgIpc) is 3.30. The Balaban J connectivity index is 1.40. The first-order chi connectivity index (χ1) is 16.6. The first-order valence-electron chi connectivity index (χ1n) is 11.9. The maximum atomic E-state index is 6.45. The second-order valence-electron chi connectivity index (χ2n) is 8.78. The van der Waals surface area contributed by atoms with Crippen LogP contribution < -0.4 is 9.47 Å². The molecule has 0 saturated heterocycles. The van der Waals surface area contributed by atoms with Gasteiger partial charge in [0, 0.05) is 27.6 Å². The number of rotatable bonds is 8. The smallest absolute Gasteiger partial charge is 0.213 e. The number of hydrogen-bond donors (Lipinski definition) is 0. The molecule has 34 heavy (non-hydrogen) atoms. The molecule has 0 amide bonds. The van der Waals surface area contributed by atoms with Crippen molar-refractivity contribution in [3.8, 4) is 11.5 Å². The van der Waals surface area contributed by atoms with E-state index in [0.29, 0.717) is 10.0 Å². The standard InChI is InChI=1S/C28H28Cl2N2O2/c1-2-3-4-5-16-33-23-13-8-20(9-14-23)28-32-26(24-17-22(30)12-15-27(24)34-28)18-25(31-32)19-6-10-21(29)11-7-19/h6-15,17,26,28H,2-5,16,18H2,1H3. The van der Waals surface area contributed by atoms with Gasteiger partial charge >= 0.3 is 0 Å².